The van der Waals surface area contributed by atoms with E-state index in [2.05, 4.69) is 14.5 Å². The van der Waals surface area contributed by atoms with Crippen LogP contribution in [0.1, 0.15) is 0 Å². The predicted octanol–water partition coefficient (Wildman–Crippen LogP) is 2.67. The standard InChI is InChI=1S/C9H8F5NO2/c1-16-7-3-2-6(4-15-7)17-5-8(10,11)9(12,13)14/h2-4H,5H2,1H3. The van der Waals surface area contributed by atoms with E-state index in [9.17, 15) is 22.0 Å². The maximum atomic E-state index is 12.5. The first-order valence-electron chi connectivity index (χ1n) is 4.33. The van der Waals surface area contributed by atoms with Crippen molar-refractivity contribution in [2.24, 2.45) is 0 Å². The number of hydrogen-bond donors (Lipinski definition) is 0. The van der Waals surface area contributed by atoms with Crippen LogP contribution in [0.3, 0.4) is 0 Å². The van der Waals surface area contributed by atoms with Crippen molar-refractivity contribution in [1.29, 1.82) is 0 Å². The van der Waals surface area contributed by atoms with Crippen molar-refractivity contribution in [2.45, 2.75) is 12.1 Å². The minimum atomic E-state index is -5.63. The van der Waals surface area contributed by atoms with E-state index in [1.165, 1.54) is 19.2 Å². The smallest absolute Gasteiger partial charge is 0.456 e. The van der Waals surface area contributed by atoms with Gasteiger partial charge in [-0.2, -0.15) is 22.0 Å². The molecule has 1 aromatic rings. The van der Waals surface area contributed by atoms with Gasteiger partial charge in [-0.25, -0.2) is 4.98 Å². The molecule has 3 nitrogen and oxygen atoms in total. The molecule has 0 unspecified atom stereocenters. The summed E-state index contributed by atoms with van der Waals surface area (Å²) in [6.07, 6.45) is -4.64. The molecule has 0 aliphatic heterocycles. The Morgan fingerprint density at radius 2 is 1.82 bits per heavy atom. The van der Waals surface area contributed by atoms with Crippen molar-refractivity contribution in [3.8, 4) is 11.6 Å². The zero-order valence-corrected chi connectivity index (χ0v) is 8.59. The minimum absolute atomic E-state index is 0.194. The summed E-state index contributed by atoms with van der Waals surface area (Å²) in [5.74, 6) is -4.90. The Bertz CT molecular complexity index is 363. The molecule has 0 aromatic carbocycles. The van der Waals surface area contributed by atoms with Gasteiger partial charge < -0.3 is 9.47 Å². The molecule has 1 aromatic heterocycles. The van der Waals surface area contributed by atoms with E-state index in [0.29, 0.717) is 0 Å². The van der Waals surface area contributed by atoms with Crippen LogP contribution in [-0.2, 0) is 0 Å². The average molecular weight is 257 g/mol. The summed E-state index contributed by atoms with van der Waals surface area (Å²) in [5.41, 5.74) is 0. The third kappa shape index (κ3) is 3.43. The number of aromatic nitrogens is 1. The van der Waals surface area contributed by atoms with Crippen molar-refractivity contribution in [3.05, 3.63) is 18.3 Å². The summed E-state index contributed by atoms with van der Waals surface area (Å²) < 4.78 is 69.3. The van der Waals surface area contributed by atoms with E-state index in [-0.39, 0.29) is 11.6 Å². The lowest BCUT2D eigenvalue weighted by molar-refractivity contribution is -0.290. The Balaban J connectivity index is 2.61. The van der Waals surface area contributed by atoms with Gasteiger partial charge in [0, 0.05) is 6.07 Å². The molecule has 17 heavy (non-hydrogen) atoms. The minimum Gasteiger partial charge on any atom is -0.485 e. The molecule has 0 atom stereocenters. The predicted molar refractivity (Wildman–Crippen MR) is 47.3 cm³/mol. The van der Waals surface area contributed by atoms with Gasteiger partial charge in [-0.1, -0.05) is 0 Å². The van der Waals surface area contributed by atoms with Crippen LogP contribution in [0.5, 0.6) is 11.6 Å². The highest BCUT2D eigenvalue weighted by molar-refractivity contribution is 5.22. The fourth-order valence-corrected chi connectivity index (χ4v) is 0.829. The monoisotopic (exact) mass is 257 g/mol. The van der Waals surface area contributed by atoms with Gasteiger partial charge >= 0.3 is 12.1 Å². The summed E-state index contributed by atoms with van der Waals surface area (Å²) in [6, 6.07) is 2.46. The molecule has 0 bridgehead atoms. The van der Waals surface area contributed by atoms with E-state index in [4.69, 9.17) is 0 Å². The molecule has 8 heteroatoms. The second-order valence-corrected chi connectivity index (χ2v) is 3.03. The van der Waals surface area contributed by atoms with Gasteiger partial charge in [0.15, 0.2) is 6.61 Å². The second-order valence-electron chi connectivity index (χ2n) is 3.03. The molecular weight excluding hydrogens is 249 g/mol. The molecule has 96 valence electrons. The second kappa shape index (κ2) is 4.72. The van der Waals surface area contributed by atoms with Crippen LogP contribution < -0.4 is 9.47 Å². The molecule has 0 spiro atoms. The third-order valence-corrected chi connectivity index (χ3v) is 1.75. The van der Waals surface area contributed by atoms with Gasteiger partial charge in [-0.3, -0.25) is 0 Å². The fourth-order valence-electron chi connectivity index (χ4n) is 0.829. The first-order chi connectivity index (χ1) is 7.76. The van der Waals surface area contributed by atoms with Gasteiger partial charge in [0.1, 0.15) is 5.75 Å². The van der Waals surface area contributed by atoms with E-state index in [1.807, 2.05) is 0 Å². The van der Waals surface area contributed by atoms with Gasteiger partial charge in [-0.05, 0) is 6.07 Å². The van der Waals surface area contributed by atoms with E-state index >= 15 is 0 Å². The van der Waals surface area contributed by atoms with E-state index in [0.717, 1.165) is 6.20 Å². The van der Waals surface area contributed by atoms with Crippen molar-refractivity contribution in [3.63, 3.8) is 0 Å². The normalized spacial score (nSPS) is 12.4. The molecule has 0 fully saturated rings. The highest BCUT2D eigenvalue weighted by Gasteiger charge is 2.58. The Morgan fingerprint density at radius 3 is 2.24 bits per heavy atom. The summed E-state index contributed by atoms with van der Waals surface area (Å²) in [5, 5.41) is 0. The Labute approximate surface area is 93.2 Å². The molecule has 1 heterocycles. The highest BCUT2D eigenvalue weighted by atomic mass is 19.4. The lowest BCUT2D eigenvalue weighted by Crippen LogP contribution is -2.41. The average Bonchev–Trinajstić information content (AvgIpc) is 2.25. The van der Waals surface area contributed by atoms with Crippen LogP contribution in [0.25, 0.3) is 0 Å². The van der Waals surface area contributed by atoms with Crippen molar-refractivity contribution < 1.29 is 31.4 Å². The zero-order valence-electron chi connectivity index (χ0n) is 8.59. The maximum absolute atomic E-state index is 12.5. The number of hydrogen-bond acceptors (Lipinski definition) is 3. The number of rotatable bonds is 4. The molecule has 0 radical (unpaired) electrons. The largest absolute Gasteiger partial charge is 0.485 e. The molecule has 0 amide bonds. The highest BCUT2D eigenvalue weighted by Crippen LogP contribution is 2.35. The number of methoxy groups -OCH3 is 1. The van der Waals surface area contributed by atoms with Crippen molar-refractivity contribution >= 4 is 0 Å². The number of pyridine rings is 1. The number of ether oxygens (including phenoxy) is 2. The van der Waals surface area contributed by atoms with Crippen LogP contribution in [0.4, 0.5) is 22.0 Å². The van der Waals surface area contributed by atoms with Gasteiger partial charge in [-0.15, -0.1) is 0 Å². The number of alkyl halides is 5. The van der Waals surface area contributed by atoms with Crippen LogP contribution in [-0.4, -0.2) is 30.8 Å². The molecule has 1 rings (SSSR count). The van der Waals surface area contributed by atoms with Crippen molar-refractivity contribution in [2.75, 3.05) is 13.7 Å². The fraction of sp³-hybridized carbons (Fsp3) is 0.444. The van der Waals surface area contributed by atoms with E-state index in [1.54, 1.807) is 0 Å². The molecule has 0 saturated carbocycles. The van der Waals surface area contributed by atoms with E-state index < -0.39 is 18.7 Å². The summed E-state index contributed by atoms with van der Waals surface area (Å²) in [6.45, 7) is -1.79. The van der Waals surface area contributed by atoms with Crippen LogP contribution >= 0.6 is 0 Å². The molecular formula is C9H8F5NO2. The number of nitrogens with zero attached hydrogens (tertiary/aromatic N) is 1. The first kappa shape index (κ1) is 13.5. The lowest BCUT2D eigenvalue weighted by atomic mass is 10.3. The van der Waals surface area contributed by atoms with Crippen molar-refractivity contribution in [1.82, 2.24) is 4.98 Å². The summed E-state index contributed by atoms with van der Waals surface area (Å²) in [7, 11) is 1.33. The SMILES string of the molecule is COc1ccc(OCC(F)(F)C(F)(F)F)cn1. The third-order valence-electron chi connectivity index (χ3n) is 1.75. The van der Waals surface area contributed by atoms with Gasteiger partial charge in [0.05, 0.1) is 13.3 Å². The van der Waals surface area contributed by atoms with Crippen LogP contribution in [0.2, 0.25) is 0 Å². The maximum Gasteiger partial charge on any atom is 0.456 e. The molecule has 0 aliphatic rings. The Kier molecular flexibility index (Phi) is 3.74. The van der Waals surface area contributed by atoms with Gasteiger partial charge in [0.25, 0.3) is 0 Å². The summed E-state index contributed by atoms with van der Waals surface area (Å²) in [4.78, 5) is 3.59. The zero-order chi connectivity index (χ0) is 13.1. The first-order valence-corrected chi connectivity index (χ1v) is 4.33. The number of halogens is 5. The molecule has 0 N–H and O–H groups in total. The molecule has 0 aliphatic carbocycles. The van der Waals surface area contributed by atoms with Crippen LogP contribution in [0, 0.1) is 0 Å². The van der Waals surface area contributed by atoms with Crippen LogP contribution in [0.15, 0.2) is 18.3 Å². The topological polar surface area (TPSA) is 31.4 Å². The lowest BCUT2D eigenvalue weighted by Gasteiger charge is -2.19. The van der Waals surface area contributed by atoms with Gasteiger partial charge in [0.2, 0.25) is 5.88 Å². The Hall–Kier alpha value is -1.60. The summed E-state index contributed by atoms with van der Waals surface area (Å²) >= 11 is 0. The quantitative estimate of drug-likeness (QED) is 0.777. The Morgan fingerprint density at radius 1 is 1.18 bits per heavy atom. The molecule has 0 saturated heterocycles.